The topological polar surface area (TPSA) is 125 Å². The van der Waals surface area contributed by atoms with Gasteiger partial charge in [-0.25, -0.2) is 0 Å². The summed E-state index contributed by atoms with van der Waals surface area (Å²) in [5, 5.41) is 30.8. The molecule has 1 saturated heterocycles. The summed E-state index contributed by atoms with van der Waals surface area (Å²) in [6.07, 6.45) is 1.02. The predicted octanol–water partition coefficient (Wildman–Crippen LogP) is -1.32. The smallest absolute Gasteiger partial charge is 0.472 e. The third kappa shape index (κ3) is 5.32. The molecule has 1 rings (SSSR count). The Balaban J connectivity index is 2.31. The number of aliphatic hydroxyl groups excluding tert-OH is 1. The number of carboxylic acid groups (broad SMARTS) is 1. The van der Waals surface area contributed by atoms with Crippen LogP contribution in [0.25, 0.3) is 0 Å². The van der Waals surface area contributed by atoms with Crippen molar-refractivity contribution in [1.29, 1.82) is 0 Å². The Bertz CT molecular complexity index is 269. The van der Waals surface area contributed by atoms with Crippen LogP contribution in [0.4, 0.5) is 0 Å². The molecular formula is C10H21BN2O5. The van der Waals surface area contributed by atoms with Gasteiger partial charge in [0.1, 0.15) is 6.23 Å². The van der Waals surface area contributed by atoms with E-state index in [-0.39, 0.29) is 12.4 Å². The highest BCUT2D eigenvalue weighted by atomic mass is 16.5. The zero-order chi connectivity index (χ0) is 13.5. The lowest BCUT2D eigenvalue weighted by Crippen LogP contribution is -2.54. The van der Waals surface area contributed by atoms with Crippen LogP contribution in [0.1, 0.15) is 32.1 Å². The fourth-order valence-electron chi connectivity index (χ4n) is 2.02. The van der Waals surface area contributed by atoms with Gasteiger partial charge in [-0.3, -0.25) is 10.1 Å². The maximum Gasteiger partial charge on any atom is 0.472 e. The number of carboxylic acids is 1. The Morgan fingerprint density at radius 2 is 2.28 bits per heavy atom. The summed E-state index contributed by atoms with van der Waals surface area (Å²) in [7, 11) is -1.09. The van der Waals surface area contributed by atoms with E-state index in [9.17, 15) is 14.9 Å². The van der Waals surface area contributed by atoms with Gasteiger partial charge in [0, 0.05) is 5.94 Å². The molecule has 0 amide bonds. The Labute approximate surface area is 106 Å². The summed E-state index contributed by atoms with van der Waals surface area (Å²) in [5.41, 5.74) is 5.33. The molecule has 0 aromatic rings. The largest absolute Gasteiger partial charge is 0.481 e. The highest BCUT2D eigenvalue weighted by Gasteiger charge is 2.36. The Kier molecular flexibility index (Phi) is 6.58. The van der Waals surface area contributed by atoms with E-state index in [0.29, 0.717) is 32.2 Å². The molecule has 1 aliphatic rings. The normalized spacial score (nSPS) is 26.1. The summed E-state index contributed by atoms with van der Waals surface area (Å²) >= 11 is 0. The summed E-state index contributed by atoms with van der Waals surface area (Å²) in [4.78, 5) is 10.5. The molecule has 7 nitrogen and oxygen atoms in total. The predicted molar refractivity (Wildman–Crippen MR) is 65.6 cm³/mol. The first kappa shape index (κ1) is 15.4. The van der Waals surface area contributed by atoms with Crippen LogP contribution in [0.3, 0.4) is 0 Å². The number of nitrogens with one attached hydrogen (secondary N) is 1. The summed E-state index contributed by atoms with van der Waals surface area (Å²) < 4.78 is 5.19. The molecular weight excluding hydrogens is 239 g/mol. The number of hydrogen-bond donors (Lipinski definition) is 5. The van der Waals surface area contributed by atoms with Gasteiger partial charge in [0.15, 0.2) is 0 Å². The Morgan fingerprint density at radius 1 is 1.56 bits per heavy atom. The SMILES string of the molecule is NCCCC(O)N[C@H]1CC[C@@H](CC(=O)O)OB1O. The molecule has 18 heavy (non-hydrogen) atoms. The maximum atomic E-state index is 10.5. The zero-order valence-electron chi connectivity index (χ0n) is 10.3. The lowest BCUT2D eigenvalue weighted by atomic mass is 9.72. The fraction of sp³-hybridized carbons (Fsp3) is 0.900. The van der Waals surface area contributed by atoms with E-state index >= 15 is 0 Å². The van der Waals surface area contributed by atoms with Crippen LogP contribution in [-0.4, -0.2) is 53.1 Å². The van der Waals surface area contributed by atoms with Gasteiger partial charge in [-0.1, -0.05) is 0 Å². The molecule has 1 aliphatic heterocycles. The Morgan fingerprint density at radius 3 is 2.83 bits per heavy atom. The first-order valence-electron chi connectivity index (χ1n) is 6.22. The van der Waals surface area contributed by atoms with E-state index in [4.69, 9.17) is 15.5 Å². The van der Waals surface area contributed by atoms with Gasteiger partial charge in [0.25, 0.3) is 0 Å². The lowest BCUT2D eigenvalue weighted by molar-refractivity contribution is -0.139. The van der Waals surface area contributed by atoms with Crippen LogP contribution < -0.4 is 11.1 Å². The molecule has 0 aliphatic carbocycles. The molecule has 3 atom stereocenters. The van der Waals surface area contributed by atoms with Gasteiger partial charge >= 0.3 is 13.1 Å². The number of nitrogens with two attached hydrogens (primary N) is 1. The molecule has 1 fully saturated rings. The van der Waals surface area contributed by atoms with Crippen molar-refractivity contribution in [2.45, 2.75) is 50.4 Å². The second kappa shape index (κ2) is 7.70. The number of aliphatic carboxylic acids is 1. The van der Waals surface area contributed by atoms with E-state index in [2.05, 4.69) is 5.32 Å². The van der Waals surface area contributed by atoms with Crippen molar-refractivity contribution in [1.82, 2.24) is 5.32 Å². The molecule has 8 heteroatoms. The molecule has 1 heterocycles. The zero-order valence-corrected chi connectivity index (χ0v) is 10.3. The first-order valence-corrected chi connectivity index (χ1v) is 6.22. The van der Waals surface area contributed by atoms with Gasteiger partial charge in [0.05, 0.1) is 12.5 Å². The van der Waals surface area contributed by atoms with Crippen LogP contribution in [0.15, 0.2) is 0 Å². The lowest BCUT2D eigenvalue weighted by Gasteiger charge is -2.32. The molecule has 0 bridgehead atoms. The number of aliphatic hydroxyl groups is 1. The number of hydrogen-bond acceptors (Lipinski definition) is 6. The molecule has 104 valence electrons. The van der Waals surface area contributed by atoms with Gasteiger partial charge in [-0.15, -0.1) is 0 Å². The quantitative estimate of drug-likeness (QED) is 0.284. The monoisotopic (exact) mass is 260 g/mol. The molecule has 0 saturated carbocycles. The van der Waals surface area contributed by atoms with E-state index in [0.717, 1.165) is 0 Å². The molecule has 0 radical (unpaired) electrons. The maximum absolute atomic E-state index is 10.5. The molecule has 0 aromatic heterocycles. The van der Waals surface area contributed by atoms with Crippen molar-refractivity contribution in [3.8, 4) is 0 Å². The van der Waals surface area contributed by atoms with Gasteiger partial charge < -0.3 is 25.6 Å². The minimum absolute atomic E-state index is 0.112. The van der Waals surface area contributed by atoms with Crippen LogP contribution in [-0.2, 0) is 9.45 Å². The number of rotatable bonds is 7. The average Bonchev–Trinajstić information content (AvgIpc) is 2.29. The van der Waals surface area contributed by atoms with Gasteiger partial charge in [-0.05, 0) is 32.2 Å². The minimum Gasteiger partial charge on any atom is -0.481 e. The van der Waals surface area contributed by atoms with Crippen LogP contribution in [0.2, 0.25) is 0 Å². The van der Waals surface area contributed by atoms with Crippen LogP contribution >= 0.6 is 0 Å². The van der Waals surface area contributed by atoms with Crippen molar-refractivity contribution >= 4 is 13.1 Å². The summed E-state index contributed by atoms with van der Waals surface area (Å²) in [6, 6.07) is 0. The summed E-state index contributed by atoms with van der Waals surface area (Å²) in [5.74, 6) is -1.32. The van der Waals surface area contributed by atoms with Crippen LogP contribution in [0.5, 0.6) is 0 Å². The van der Waals surface area contributed by atoms with E-state index in [1.54, 1.807) is 0 Å². The minimum atomic E-state index is -1.09. The second-order valence-electron chi connectivity index (χ2n) is 4.54. The van der Waals surface area contributed by atoms with Gasteiger partial charge in [-0.2, -0.15) is 0 Å². The highest BCUT2D eigenvalue weighted by Crippen LogP contribution is 2.19. The molecule has 1 unspecified atom stereocenters. The fourth-order valence-corrected chi connectivity index (χ4v) is 2.02. The van der Waals surface area contributed by atoms with E-state index in [1.807, 2.05) is 0 Å². The van der Waals surface area contributed by atoms with Crippen molar-refractivity contribution in [2.75, 3.05) is 6.54 Å². The Hall–Kier alpha value is -0.665. The van der Waals surface area contributed by atoms with Crippen LogP contribution in [0, 0.1) is 0 Å². The third-order valence-electron chi connectivity index (χ3n) is 2.97. The number of carbonyl (C=O) groups is 1. The van der Waals surface area contributed by atoms with Crippen molar-refractivity contribution in [3.63, 3.8) is 0 Å². The van der Waals surface area contributed by atoms with Crippen molar-refractivity contribution < 1.29 is 24.7 Å². The summed E-state index contributed by atoms with van der Waals surface area (Å²) in [6.45, 7) is 0.503. The standard InChI is InChI=1S/C10H21BN2O5/c12-5-1-2-9(14)13-8-4-3-7(6-10(15)16)18-11(8)17/h7-9,13-14,17H,1-6,12H2,(H,15,16)/t7-,8-,9?/m0/s1. The average molecular weight is 260 g/mol. The molecule has 0 spiro atoms. The van der Waals surface area contributed by atoms with Gasteiger partial charge in [0.2, 0.25) is 0 Å². The van der Waals surface area contributed by atoms with Crippen molar-refractivity contribution in [3.05, 3.63) is 0 Å². The molecule has 0 aromatic carbocycles. The molecule has 6 N–H and O–H groups in total. The highest BCUT2D eigenvalue weighted by molar-refractivity contribution is 6.45. The third-order valence-corrected chi connectivity index (χ3v) is 2.97. The van der Waals surface area contributed by atoms with E-state index < -0.39 is 25.4 Å². The van der Waals surface area contributed by atoms with E-state index in [1.165, 1.54) is 0 Å². The van der Waals surface area contributed by atoms with Crippen molar-refractivity contribution in [2.24, 2.45) is 5.73 Å². The first-order chi connectivity index (χ1) is 8.52. The second-order valence-corrected chi connectivity index (χ2v) is 4.54.